The first-order chi connectivity index (χ1) is 8.52. The minimum absolute atomic E-state index is 0.225. The molecule has 0 bridgehead atoms. The Bertz CT molecular complexity index is 431. The molecule has 0 amide bonds. The second-order valence-electron chi connectivity index (χ2n) is 5.45. The lowest BCUT2D eigenvalue weighted by atomic mass is 9.80. The average Bonchev–Trinajstić information content (AvgIpc) is 2.69. The number of hydrogen-bond donors (Lipinski definition) is 1. The summed E-state index contributed by atoms with van der Waals surface area (Å²) in [5.74, 6) is 1.32. The lowest BCUT2D eigenvalue weighted by Gasteiger charge is -2.32. The number of esters is 1. The third-order valence-corrected chi connectivity index (χ3v) is 3.76. The van der Waals surface area contributed by atoms with Gasteiger partial charge in [-0.25, -0.2) is 9.78 Å². The van der Waals surface area contributed by atoms with Gasteiger partial charge in [0.15, 0.2) is 5.69 Å². The number of methoxy groups -OCH3 is 1. The smallest absolute Gasteiger partial charge is 0.360 e. The molecule has 0 aliphatic heterocycles. The van der Waals surface area contributed by atoms with E-state index in [9.17, 15) is 4.79 Å². The van der Waals surface area contributed by atoms with E-state index in [0.717, 1.165) is 12.8 Å². The van der Waals surface area contributed by atoms with Gasteiger partial charge in [-0.1, -0.05) is 13.8 Å². The Hall–Kier alpha value is -1.52. The zero-order valence-electron chi connectivity index (χ0n) is 11.2. The number of ether oxygens (including phenoxy) is 1. The molecule has 5 nitrogen and oxygen atoms in total. The van der Waals surface area contributed by atoms with Gasteiger partial charge in [0.2, 0.25) is 0 Å². The van der Waals surface area contributed by atoms with E-state index >= 15 is 0 Å². The molecule has 18 heavy (non-hydrogen) atoms. The number of carbonyl (C=O) groups is 1. The fraction of sp³-hybridized carbons (Fsp3) is 0.692. The van der Waals surface area contributed by atoms with Gasteiger partial charge in [0.1, 0.15) is 5.82 Å². The number of imidazole rings is 1. The van der Waals surface area contributed by atoms with Gasteiger partial charge in [-0.3, -0.25) is 0 Å². The molecule has 100 valence electrons. The molecule has 2 rings (SSSR count). The van der Waals surface area contributed by atoms with Crippen LogP contribution in [0.5, 0.6) is 0 Å². The first-order valence-electron chi connectivity index (χ1n) is 6.43. The van der Waals surface area contributed by atoms with Crippen LogP contribution in [0.15, 0.2) is 6.33 Å². The number of nitrogen functional groups attached to an aromatic ring is 1. The molecule has 1 aliphatic carbocycles. The van der Waals surface area contributed by atoms with Crippen molar-refractivity contribution in [2.75, 3.05) is 12.8 Å². The molecular formula is C13H21N3O2. The normalized spacial score (nSPS) is 28.1. The van der Waals surface area contributed by atoms with Gasteiger partial charge in [0.25, 0.3) is 0 Å². The van der Waals surface area contributed by atoms with Gasteiger partial charge < -0.3 is 15.0 Å². The molecule has 1 aliphatic rings. The first kappa shape index (κ1) is 12.9. The fourth-order valence-corrected chi connectivity index (χ4v) is 3.05. The van der Waals surface area contributed by atoms with Crippen LogP contribution in [0.2, 0.25) is 0 Å². The summed E-state index contributed by atoms with van der Waals surface area (Å²) >= 11 is 0. The molecule has 2 atom stereocenters. The highest BCUT2D eigenvalue weighted by Crippen LogP contribution is 2.37. The third-order valence-electron chi connectivity index (χ3n) is 3.76. The first-order valence-corrected chi connectivity index (χ1v) is 6.43. The SMILES string of the molecule is COC(=O)c1ncn(C2CC(C)CC(C)C2)c1N. The van der Waals surface area contributed by atoms with Gasteiger partial charge in [0.05, 0.1) is 13.4 Å². The van der Waals surface area contributed by atoms with Crippen LogP contribution in [0.1, 0.15) is 49.6 Å². The lowest BCUT2D eigenvalue weighted by Crippen LogP contribution is -2.23. The van der Waals surface area contributed by atoms with Crippen molar-refractivity contribution in [1.29, 1.82) is 0 Å². The molecule has 0 saturated heterocycles. The van der Waals surface area contributed by atoms with Crippen LogP contribution < -0.4 is 5.73 Å². The Morgan fingerprint density at radius 1 is 1.39 bits per heavy atom. The van der Waals surface area contributed by atoms with Crippen molar-refractivity contribution in [1.82, 2.24) is 9.55 Å². The van der Waals surface area contributed by atoms with Gasteiger partial charge >= 0.3 is 5.97 Å². The molecule has 2 N–H and O–H groups in total. The van der Waals surface area contributed by atoms with Gasteiger partial charge in [0, 0.05) is 6.04 Å². The molecule has 0 aromatic carbocycles. The highest BCUT2D eigenvalue weighted by molar-refractivity contribution is 5.92. The molecule has 2 unspecified atom stereocenters. The van der Waals surface area contributed by atoms with Crippen LogP contribution in [0.3, 0.4) is 0 Å². The molecule has 1 fully saturated rings. The monoisotopic (exact) mass is 251 g/mol. The van der Waals surface area contributed by atoms with Crippen molar-refractivity contribution in [3.8, 4) is 0 Å². The summed E-state index contributed by atoms with van der Waals surface area (Å²) in [4.78, 5) is 15.6. The zero-order chi connectivity index (χ0) is 13.3. The van der Waals surface area contributed by atoms with Crippen LogP contribution in [0, 0.1) is 11.8 Å². The van der Waals surface area contributed by atoms with E-state index in [2.05, 4.69) is 23.6 Å². The summed E-state index contributed by atoms with van der Waals surface area (Å²) in [6, 6.07) is 0.342. The summed E-state index contributed by atoms with van der Waals surface area (Å²) in [6.07, 6.45) is 5.10. The van der Waals surface area contributed by atoms with Crippen molar-refractivity contribution in [2.24, 2.45) is 11.8 Å². The molecule has 5 heteroatoms. The molecule has 0 spiro atoms. The second kappa shape index (κ2) is 5.00. The average molecular weight is 251 g/mol. The number of hydrogen-bond acceptors (Lipinski definition) is 4. The zero-order valence-corrected chi connectivity index (χ0v) is 11.2. The summed E-state index contributed by atoms with van der Waals surface area (Å²) in [7, 11) is 1.34. The Balaban J connectivity index is 2.23. The quantitative estimate of drug-likeness (QED) is 0.818. The summed E-state index contributed by atoms with van der Waals surface area (Å²) < 4.78 is 6.59. The molecule has 0 radical (unpaired) electrons. The maximum atomic E-state index is 11.5. The predicted octanol–water partition coefficient (Wildman–Crippen LogP) is 2.25. The molecule has 1 aromatic rings. The van der Waals surface area contributed by atoms with Crippen molar-refractivity contribution in [2.45, 2.75) is 39.2 Å². The van der Waals surface area contributed by atoms with Crippen molar-refractivity contribution >= 4 is 11.8 Å². The summed E-state index contributed by atoms with van der Waals surface area (Å²) in [5.41, 5.74) is 6.23. The Morgan fingerprint density at radius 2 is 2.00 bits per heavy atom. The number of rotatable bonds is 2. The van der Waals surface area contributed by atoms with Gasteiger partial charge in [-0.05, 0) is 31.1 Å². The minimum Gasteiger partial charge on any atom is -0.464 e. The van der Waals surface area contributed by atoms with E-state index in [0.29, 0.717) is 23.7 Å². The van der Waals surface area contributed by atoms with Crippen LogP contribution in [-0.4, -0.2) is 22.6 Å². The van der Waals surface area contributed by atoms with Gasteiger partial charge in [-0.15, -0.1) is 0 Å². The highest BCUT2D eigenvalue weighted by Gasteiger charge is 2.28. The van der Waals surface area contributed by atoms with E-state index in [1.807, 2.05) is 4.57 Å². The molecule has 1 heterocycles. The van der Waals surface area contributed by atoms with Crippen molar-refractivity contribution in [3.05, 3.63) is 12.0 Å². The summed E-state index contributed by atoms with van der Waals surface area (Å²) in [5, 5.41) is 0. The fourth-order valence-electron chi connectivity index (χ4n) is 3.05. The lowest BCUT2D eigenvalue weighted by molar-refractivity contribution is 0.0596. The van der Waals surface area contributed by atoms with E-state index in [4.69, 9.17) is 5.73 Å². The number of nitrogens with two attached hydrogens (primary N) is 1. The predicted molar refractivity (Wildman–Crippen MR) is 69.2 cm³/mol. The number of aromatic nitrogens is 2. The molecule has 1 saturated carbocycles. The standard InChI is InChI=1S/C13H21N3O2/c1-8-4-9(2)6-10(5-8)16-7-15-11(12(16)14)13(17)18-3/h7-10H,4-6,14H2,1-3H3. The molecule has 1 aromatic heterocycles. The van der Waals surface area contributed by atoms with E-state index in [-0.39, 0.29) is 5.69 Å². The van der Waals surface area contributed by atoms with Crippen molar-refractivity contribution in [3.63, 3.8) is 0 Å². The largest absolute Gasteiger partial charge is 0.464 e. The number of carbonyl (C=O) groups excluding carboxylic acids is 1. The number of nitrogens with zero attached hydrogens (tertiary/aromatic N) is 2. The van der Waals surface area contributed by atoms with Crippen LogP contribution >= 0.6 is 0 Å². The topological polar surface area (TPSA) is 70.1 Å². The van der Waals surface area contributed by atoms with Crippen LogP contribution in [0.25, 0.3) is 0 Å². The molecular weight excluding hydrogens is 230 g/mol. The number of anilines is 1. The second-order valence-corrected chi connectivity index (χ2v) is 5.45. The maximum absolute atomic E-state index is 11.5. The van der Waals surface area contributed by atoms with Crippen molar-refractivity contribution < 1.29 is 9.53 Å². The van der Waals surface area contributed by atoms with Gasteiger partial charge in [-0.2, -0.15) is 0 Å². The Labute approximate surface area is 107 Å². The van der Waals surface area contributed by atoms with Crippen LogP contribution in [0.4, 0.5) is 5.82 Å². The highest BCUT2D eigenvalue weighted by atomic mass is 16.5. The Morgan fingerprint density at radius 3 is 2.56 bits per heavy atom. The van der Waals surface area contributed by atoms with E-state index in [1.54, 1.807) is 6.33 Å². The van der Waals surface area contributed by atoms with E-state index in [1.165, 1.54) is 13.5 Å². The van der Waals surface area contributed by atoms with Crippen LogP contribution in [-0.2, 0) is 4.74 Å². The minimum atomic E-state index is -0.469. The third kappa shape index (κ3) is 2.35. The maximum Gasteiger partial charge on any atom is 0.360 e. The summed E-state index contributed by atoms with van der Waals surface area (Å²) in [6.45, 7) is 4.52. The van der Waals surface area contributed by atoms with E-state index < -0.39 is 5.97 Å². The Kier molecular flexibility index (Phi) is 3.59.